The summed E-state index contributed by atoms with van der Waals surface area (Å²) in [5, 5.41) is 13.0. The molecule has 0 saturated carbocycles. The van der Waals surface area contributed by atoms with E-state index in [1.54, 1.807) is 16.7 Å². The number of benzene rings is 1. The molecule has 4 rings (SSSR count). The fraction of sp³-hybridized carbons (Fsp3) is 0.474. The average molecular weight is 418 g/mol. The van der Waals surface area contributed by atoms with Crippen molar-refractivity contribution in [3.05, 3.63) is 24.3 Å². The first kappa shape index (κ1) is 19.2. The van der Waals surface area contributed by atoms with Gasteiger partial charge >= 0.3 is 0 Å². The molecule has 148 valence electrons. The molecular formula is C19H23N5O2S2. The molecule has 1 atom stereocenters. The molecule has 2 amide bonds. The molecular weight excluding hydrogens is 394 g/mol. The van der Waals surface area contributed by atoms with Crippen LogP contribution in [0.15, 0.2) is 29.2 Å². The Morgan fingerprint density at radius 2 is 2.11 bits per heavy atom. The standard InChI is InChI=1S/C19H23N5O2S2/c1-27-15-7-2-6-14(11-15)20-17(26)13-5-3-9-23(12-13)18-21-22-19(28-18)24-10-4-8-16(24)25/h2,6-7,11,13H,3-5,8-10,12H2,1H3,(H,20,26)/t13-/m0/s1. The minimum atomic E-state index is -0.0903. The lowest BCUT2D eigenvalue weighted by Gasteiger charge is -2.31. The number of carbonyl (C=O) groups excluding carboxylic acids is 2. The lowest BCUT2D eigenvalue weighted by molar-refractivity contribution is -0.120. The predicted octanol–water partition coefficient (Wildman–Crippen LogP) is 3.24. The summed E-state index contributed by atoms with van der Waals surface area (Å²) in [6.45, 7) is 2.19. The summed E-state index contributed by atoms with van der Waals surface area (Å²) in [6, 6.07) is 7.90. The van der Waals surface area contributed by atoms with Gasteiger partial charge in [-0.05, 0) is 43.7 Å². The third kappa shape index (κ3) is 4.15. The maximum atomic E-state index is 12.8. The second kappa shape index (κ2) is 8.48. The Bertz CT molecular complexity index is 872. The summed E-state index contributed by atoms with van der Waals surface area (Å²) in [4.78, 5) is 29.6. The Morgan fingerprint density at radius 1 is 1.25 bits per heavy atom. The molecule has 28 heavy (non-hydrogen) atoms. The van der Waals surface area contributed by atoms with Gasteiger partial charge in [-0.25, -0.2) is 0 Å². The molecule has 0 spiro atoms. The van der Waals surface area contributed by atoms with Crippen LogP contribution in [0, 0.1) is 5.92 Å². The number of carbonyl (C=O) groups is 2. The van der Waals surface area contributed by atoms with Gasteiger partial charge in [-0.3, -0.25) is 14.5 Å². The third-order valence-corrected chi connectivity index (χ3v) is 6.84. The van der Waals surface area contributed by atoms with Gasteiger partial charge < -0.3 is 10.2 Å². The lowest BCUT2D eigenvalue weighted by Crippen LogP contribution is -2.40. The van der Waals surface area contributed by atoms with Gasteiger partial charge in [-0.15, -0.1) is 22.0 Å². The van der Waals surface area contributed by atoms with Crippen molar-refractivity contribution in [3.8, 4) is 0 Å². The highest BCUT2D eigenvalue weighted by Crippen LogP contribution is 2.32. The highest BCUT2D eigenvalue weighted by atomic mass is 32.2. The number of aromatic nitrogens is 2. The van der Waals surface area contributed by atoms with Gasteiger partial charge in [0.25, 0.3) is 0 Å². The maximum Gasteiger partial charge on any atom is 0.229 e. The molecule has 2 aliphatic rings. The van der Waals surface area contributed by atoms with E-state index in [1.807, 2.05) is 30.5 Å². The lowest BCUT2D eigenvalue weighted by atomic mass is 9.97. The van der Waals surface area contributed by atoms with Crippen LogP contribution in [0.1, 0.15) is 25.7 Å². The number of hydrogen-bond donors (Lipinski definition) is 1. The highest BCUT2D eigenvalue weighted by Gasteiger charge is 2.30. The van der Waals surface area contributed by atoms with Crippen molar-refractivity contribution in [1.29, 1.82) is 0 Å². The SMILES string of the molecule is CSc1cccc(NC(=O)[C@H]2CCCN(c3nnc(N4CCCC4=O)s3)C2)c1. The van der Waals surface area contributed by atoms with Gasteiger partial charge in [-0.1, -0.05) is 17.4 Å². The second-order valence-electron chi connectivity index (χ2n) is 7.02. The van der Waals surface area contributed by atoms with E-state index in [-0.39, 0.29) is 17.7 Å². The molecule has 2 fully saturated rings. The molecule has 0 aliphatic carbocycles. The molecule has 0 unspecified atom stereocenters. The Hall–Kier alpha value is -2.13. The van der Waals surface area contributed by atoms with Crippen LogP contribution in [-0.2, 0) is 9.59 Å². The third-order valence-electron chi connectivity index (χ3n) is 5.11. The molecule has 3 heterocycles. The topological polar surface area (TPSA) is 78.4 Å². The quantitative estimate of drug-likeness (QED) is 0.753. The maximum absolute atomic E-state index is 12.8. The number of piperidine rings is 1. The smallest absolute Gasteiger partial charge is 0.229 e. The molecule has 0 radical (unpaired) electrons. The van der Waals surface area contributed by atoms with Crippen LogP contribution >= 0.6 is 23.1 Å². The Kier molecular flexibility index (Phi) is 5.82. The fourth-order valence-electron chi connectivity index (χ4n) is 3.61. The van der Waals surface area contributed by atoms with Crippen molar-refractivity contribution in [1.82, 2.24) is 10.2 Å². The predicted molar refractivity (Wildman–Crippen MR) is 113 cm³/mol. The van der Waals surface area contributed by atoms with Crippen LogP contribution in [0.3, 0.4) is 0 Å². The van der Waals surface area contributed by atoms with Crippen molar-refractivity contribution in [3.63, 3.8) is 0 Å². The summed E-state index contributed by atoms with van der Waals surface area (Å²) in [6.07, 6.45) is 5.27. The van der Waals surface area contributed by atoms with E-state index in [1.165, 1.54) is 11.3 Å². The van der Waals surface area contributed by atoms with Crippen molar-refractivity contribution in [2.45, 2.75) is 30.6 Å². The van der Waals surface area contributed by atoms with Gasteiger partial charge in [0.05, 0.1) is 5.92 Å². The van der Waals surface area contributed by atoms with Crippen LogP contribution in [0.4, 0.5) is 16.0 Å². The van der Waals surface area contributed by atoms with Crippen LogP contribution in [0.5, 0.6) is 0 Å². The number of hydrogen-bond acceptors (Lipinski definition) is 7. The van der Waals surface area contributed by atoms with Crippen molar-refractivity contribution < 1.29 is 9.59 Å². The Balaban J connectivity index is 1.40. The van der Waals surface area contributed by atoms with Gasteiger partial charge in [0.1, 0.15) is 0 Å². The molecule has 2 saturated heterocycles. The first-order valence-corrected chi connectivity index (χ1v) is 11.5. The van der Waals surface area contributed by atoms with Crippen LogP contribution in [0.25, 0.3) is 0 Å². The van der Waals surface area contributed by atoms with E-state index in [2.05, 4.69) is 20.4 Å². The molecule has 1 aromatic carbocycles. The molecule has 1 N–H and O–H groups in total. The molecule has 1 aromatic heterocycles. The fourth-order valence-corrected chi connectivity index (χ4v) is 4.99. The van der Waals surface area contributed by atoms with E-state index >= 15 is 0 Å². The van der Waals surface area contributed by atoms with E-state index in [9.17, 15) is 9.59 Å². The number of amides is 2. The van der Waals surface area contributed by atoms with E-state index < -0.39 is 0 Å². The highest BCUT2D eigenvalue weighted by molar-refractivity contribution is 7.98. The van der Waals surface area contributed by atoms with Gasteiger partial charge in [-0.2, -0.15) is 0 Å². The van der Waals surface area contributed by atoms with Gasteiger partial charge in [0, 0.05) is 36.6 Å². The van der Waals surface area contributed by atoms with Crippen LogP contribution < -0.4 is 15.1 Å². The van der Waals surface area contributed by atoms with E-state index in [4.69, 9.17) is 0 Å². The van der Waals surface area contributed by atoms with Crippen molar-refractivity contribution in [2.24, 2.45) is 5.92 Å². The monoisotopic (exact) mass is 417 g/mol. The summed E-state index contributed by atoms with van der Waals surface area (Å²) in [5.41, 5.74) is 0.833. The number of anilines is 3. The van der Waals surface area contributed by atoms with Crippen LogP contribution in [-0.4, -0.2) is 47.9 Å². The normalized spacial score (nSPS) is 19.9. The van der Waals surface area contributed by atoms with Gasteiger partial charge in [0.15, 0.2) is 0 Å². The zero-order valence-corrected chi connectivity index (χ0v) is 17.4. The van der Waals surface area contributed by atoms with Gasteiger partial charge in [0.2, 0.25) is 22.1 Å². The second-order valence-corrected chi connectivity index (χ2v) is 8.84. The first-order valence-electron chi connectivity index (χ1n) is 9.48. The summed E-state index contributed by atoms with van der Waals surface area (Å²) in [7, 11) is 0. The summed E-state index contributed by atoms with van der Waals surface area (Å²) >= 11 is 3.09. The Labute approximate surface area is 172 Å². The number of nitrogens with one attached hydrogen (secondary N) is 1. The number of thioether (sulfide) groups is 1. The molecule has 0 bridgehead atoms. The molecule has 9 heteroatoms. The largest absolute Gasteiger partial charge is 0.346 e. The van der Waals surface area contributed by atoms with E-state index in [0.717, 1.165) is 41.5 Å². The first-order chi connectivity index (χ1) is 13.6. The zero-order valence-electron chi connectivity index (χ0n) is 15.8. The number of nitrogens with zero attached hydrogens (tertiary/aromatic N) is 4. The van der Waals surface area contributed by atoms with E-state index in [0.29, 0.717) is 24.6 Å². The molecule has 7 nitrogen and oxygen atoms in total. The summed E-state index contributed by atoms with van der Waals surface area (Å²) < 4.78 is 0. The Morgan fingerprint density at radius 3 is 2.89 bits per heavy atom. The van der Waals surface area contributed by atoms with Crippen molar-refractivity contribution in [2.75, 3.05) is 41.0 Å². The molecule has 2 aromatic rings. The zero-order chi connectivity index (χ0) is 19.5. The van der Waals surface area contributed by atoms with Crippen molar-refractivity contribution >= 4 is 50.9 Å². The minimum absolute atomic E-state index is 0.0439. The molecule has 2 aliphatic heterocycles. The minimum Gasteiger partial charge on any atom is -0.346 e. The summed E-state index contributed by atoms with van der Waals surface area (Å²) in [5.74, 6) is 0.0703. The average Bonchev–Trinajstić information content (AvgIpc) is 3.37. The van der Waals surface area contributed by atoms with Crippen LogP contribution in [0.2, 0.25) is 0 Å². The number of rotatable bonds is 5.